The van der Waals surface area contributed by atoms with Gasteiger partial charge >= 0.3 is 11.9 Å². The van der Waals surface area contributed by atoms with E-state index in [1.165, 1.54) is 6.92 Å². The average molecular weight is 412 g/mol. The van der Waals surface area contributed by atoms with Gasteiger partial charge in [-0.05, 0) is 49.1 Å². The smallest absolute Gasteiger partial charge is 0.306 e. The van der Waals surface area contributed by atoms with E-state index in [9.17, 15) is 29.4 Å². The highest BCUT2D eigenvalue weighted by Crippen LogP contribution is 2.34. The molecule has 2 aromatic carbocycles. The molecule has 0 aromatic heterocycles. The van der Waals surface area contributed by atoms with Gasteiger partial charge in [0.25, 0.3) is 0 Å². The van der Waals surface area contributed by atoms with Crippen molar-refractivity contribution in [2.45, 2.75) is 32.2 Å². The molecular formula is C22H24N2O6. The lowest BCUT2D eigenvalue weighted by molar-refractivity contribution is -0.150. The molecular weight excluding hydrogens is 388 g/mol. The molecule has 30 heavy (non-hydrogen) atoms. The number of anilines is 1. The fourth-order valence-electron chi connectivity index (χ4n) is 3.85. The molecule has 0 radical (unpaired) electrons. The van der Waals surface area contributed by atoms with Crippen LogP contribution < -0.4 is 10.6 Å². The van der Waals surface area contributed by atoms with Crippen LogP contribution >= 0.6 is 0 Å². The summed E-state index contributed by atoms with van der Waals surface area (Å²) in [6.45, 7) is 1.53. The maximum atomic E-state index is 12.6. The Balaban J connectivity index is 1.62. The van der Waals surface area contributed by atoms with Gasteiger partial charge in [0.05, 0.1) is 11.8 Å². The normalized spacial score (nSPS) is 22.1. The molecule has 1 fully saturated rings. The number of benzene rings is 2. The van der Waals surface area contributed by atoms with E-state index in [4.69, 9.17) is 0 Å². The molecule has 0 spiro atoms. The first kappa shape index (κ1) is 21.3. The zero-order chi connectivity index (χ0) is 21.8. The van der Waals surface area contributed by atoms with Crippen LogP contribution in [0.25, 0.3) is 10.8 Å². The molecule has 1 saturated carbocycles. The van der Waals surface area contributed by atoms with Gasteiger partial charge in [0.1, 0.15) is 6.04 Å². The van der Waals surface area contributed by atoms with Crippen molar-refractivity contribution in [3.05, 3.63) is 42.5 Å². The van der Waals surface area contributed by atoms with Gasteiger partial charge in [-0.15, -0.1) is 0 Å². The second-order valence-corrected chi connectivity index (χ2v) is 7.76. The number of hydrogen-bond donors (Lipinski definition) is 4. The highest BCUT2D eigenvalue weighted by molar-refractivity contribution is 5.99. The topological polar surface area (TPSA) is 133 Å². The van der Waals surface area contributed by atoms with Crippen LogP contribution in [0.15, 0.2) is 42.5 Å². The zero-order valence-corrected chi connectivity index (χ0v) is 16.5. The lowest BCUT2D eigenvalue weighted by Crippen LogP contribution is -2.46. The number of rotatable bonds is 6. The molecule has 4 atom stereocenters. The number of nitrogens with one attached hydrogen (secondary N) is 2. The van der Waals surface area contributed by atoms with Gasteiger partial charge in [-0.25, -0.2) is 0 Å². The Bertz CT molecular complexity index is 967. The van der Waals surface area contributed by atoms with E-state index in [1.54, 1.807) is 6.07 Å². The molecule has 0 unspecified atom stereocenters. The average Bonchev–Trinajstić information content (AvgIpc) is 2.73. The van der Waals surface area contributed by atoms with Crippen molar-refractivity contribution in [2.75, 3.05) is 5.32 Å². The highest BCUT2D eigenvalue weighted by atomic mass is 16.4. The Kier molecular flexibility index (Phi) is 6.34. The second-order valence-electron chi connectivity index (χ2n) is 7.76. The minimum absolute atomic E-state index is 0.00640. The molecule has 8 heteroatoms. The molecule has 2 amide bonds. The van der Waals surface area contributed by atoms with E-state index in [0.717, 1.165) is 10.8 Å². The van der Waals surface area contributed by atoms with E-state index >= 15 is 0 Å². The minimum atomic E-state index is -1.11. The molecule has 0 heterocycles. The summed E-state index contributed by atoms with van der Waals surface area (Å²) in [4.78, 5) is 47.8. The van der Waals surface area contributed by atoms with E-state index in [0.29, 0.717) is 5.69 Å². The summed E-state index contributed by atoms with van der Waals surface area (Å²) in [5.74, 6) is -5.69. The Morgan fingerprint density at radius 2 is 1.43 bits per heavy atom. The number of carboxylic acids is 2. The zero-order valence-electron chi connectivity index (χ0n) is 16.5. The highest BCUT2D eigenvalue weighted by Gasteiger charge is 2.39. The Morgan fingerprint density at radius 1 is 0.867 bits per heavy atom. The summed E-state index contributed by atoms with van der Waals surface area (Å²) in [5, 5.41) is 25.9. The summed E-state index contributed by atoms with van der Waals surface area (Å²) in [5.41, 5.74) is 0.592. The first-order valence-corrected chi connectivity index (χ1v) is 9.80. The van der Waals surface area contributed by atoms with Gasteiger partial charge < -0.3 is 20.8 Å². The van der Waals surface area contributed by atoms with E-state index in [1.807, 2.05) is 36.4 Å². The lowest BCUT2D eigenvalue weighted by atomic mass is 9.74. The minimum Gasteiger partial charge on any atom is -0.481 e. The quantitative estimate of drug-likeness (QED) is 0.576. The van der Waals surface area contributed by atoms with Gasteiger partial charge in [0, 0.05) is 11.6 Å². The van der Waals surface area contributed by atoms with Crippen molar-refractivity contribution in [1.82, 2.24) is 5.32 Å². The number of carboxylic acid groups (broad SMARTS) is 2. The van der Waals surface area contributed by atoms with Gasteiger partial charge in [-0.3, -0.25) is 19.2 Å². The summed E-state index contributed by atoms with van der Waals surface area (Å²) in [7, 11) is 0. The van der Waals surface area contributed by atoms with Crippen LogP contribution in [0.4, 0.5) is 5.69 Å². The van der Waals surface area contributed by atoms with Crippen molar-refractivity contribution in [3.63, 3.8) is 0 Å². The van der Waals surface area contributed by atoms with Crippen LogP contribution in [0.2, 0.25) is 0 Å². The van der Waals surface area contributed by atoms with Crippen LogP contribution in [0, 0.1) is 17.8 Å². The molecule has 4 N–H and O–H groups in total. The first-order chi connectivity index (χ1) is 14.2. The number of aliphatic carboxylic acids is 2. The molecule has 1 aliphatic carbocycles. The van der Waals surface area contributed by atoms with E-state index in [-0.39, 0.29) is 19.3 Å². The molecule has 0 saturated heterocycles. The van der Waals surface area contributed by atoms with Crippen LogP contribution in [-0.4, -0.2) is 40.0 Å². The standard InChI is InChI=1S/C22H24N2O6/c1-12(19(25)24-18-7-6-13-4-2-3-5-14(13)11-18)23-20(26)15-8-16(21(27)28)10-17(9-15)22(29)30/h2-7,11-12,15-17H,8-10H2,1H3,(H,23,26)(H,24,25)(H,27,28)(H,29,30)/t12-,15-,16+,17-/m0/s1. The van der Waals surface area contributed by atoms with Gasteiger partial charge in [0.15, 0.2) is 0 Å². The fourth-order valence-corrected chi connectivity index (χ4v) is 3.85. The summed E-state index contributed by atoms with van der Waals surface area (Å²) < 4.78 is 0. The Hall–Kier alpha value is -3.42. The fraction of sp³-hybridized carbons (Fsp3) is 0.364. The van der Waals surface area contributed by atoms with Crippen molar-refractivity contribution >= 4 is 40.2 Å². The van der Waals surface area contributed by atoms with E-state index < -0.39 is 47.5 Å². The molecule has 2 aromatic rings. The van der Waals surface area contributed by atoms with Gasteiger partial charge in [-0.1, -0.05) is 30.3 Å². The van der Waals surface area contributed by atoms with Crippen molar-refractivity contribution in [2.24, 2.45) is 17.8 Å². The van der Waals surface area contributed by atoms with Crippen LogP contribution in [-0.2, 0) is 19.2 Å². The molecule has 1 aliphatic rings. The predicted octanol–water partition coefficient (Wildman–Crippen LogP) is 2.48. The summed E-state index contributed by atoms with van der Waals surface area (Å²) >= 11 is 0. The largest absolute Gasteiger partial charge is 0.481 e. The van der Waals surface area contributed by atoms with Crippen LogP contribution in [0.3, 0.4) is 0 Å². The van der Waals surface area contributed by atoms with Crippen molar-refractivity contribution in [1.29, 1.82) is 0 Å². The number of amides is 2. The Morgan fingerprint density at radius 3 is 2.03 bits per heavy atom. The van der Waals surface area contributed by atoms with Gasteiger partial charge in [-0.2, -0.15) is 0 Å². The molecule has 0 bridgehead atoms. The lowest BCUT2D eigenvalue weighted by Gasteiger charge is -2.30. The van der Waals surface area contributed by atoms with E-state index in [2.05, 4.69) is 10.6 Å². The molecule has 3 rings (SSSR count). The second kappa shape index (κ2) is 8.94. The summed E-state index contributed by atoms with van der Waals surface area (Å²) in [6, 6.07) is 12.3. The number of hydrogen-bond acceptors (Lipinski definition) is 4. The maximum absolute atomic E-state index is 12.6. The monoisotopic (exact) mass is 412 g/mol. The Labute approximate surface area is 173 Å². The number of carbonyl (C=O) groups excluding carboxylic acids is 2. The van der Waals surface area contributed by atoms with Crippen molar-refractivity contribution < 1.29 is 29.4 Å². The molecule has 8 nitrogen and oxygen atoms in total. The third kappa shape index (κ3) is 4.94. The maximum Gasteiger partial charge on any atom is 0.306 e. The van der Waals surface area contributed by atoms with Crippen LogP contribution in [0.5, 0.6) is 0 Å². The number of carbonyl (C=O) groups is 4. The summed E-state index contributed by atoms with van der Waals surface area (Å²) in [6.07, 6.45) is 0.125. The third-order valence-electron chi connectivity index (χ3n) is 5.55. The number of fused-ring (bicyclic) bond motifs is 1. The van der Waals surface area contributed by atoms with Gasteiger partial charge in [0.2, 0.25) is 11.8 Å². The third-order valence-corrected chi connectivity index (χ3v) is 5.55. The molecule has 0 aliphatic heterocycles. The van der Waals surface area contributed by atoms with Crippen LogP contribution in [0.1, 0.15) is 26.2 Å². The first-order valence-electron chi connectivity index (χ1n) is 9.80. The van der Waals surface area contributed by atoms with Crippen molar-refractivity contribution in [3.8, 4) is 0 Å². The predicted molar refractivity (Wildman–Crippen MR) is 110 cm³/mol. The molecule has 158 valence electrons. The SMILES string of the molecule is C[C@H](NC(=O)[C@@H]1C[C@H](C(=O)O)C[C@H](C(=O)O)C1)C(=O)Nc1ccc2ccccc2c1.